The van der Waals surface area contributed by atoms with E-state index < -0.39 is 5.54 Å². The molecule has 2 atom stereocenters. The molecule has 2 aromatic rings. The van der Waals surface area contributed by atoms with E-state index in [1.54, 1.807) is 11.0 Å². The lowest BCUT2D eigenvalue weighted by Gasteiger charge is -2.48. The highest BCUT2D eigenvalue weighted by Gasteiger charge is 2.53. The lowest BCUT2D eigenvalue weighted by Crippen LogP contribution is -2.63. The van der Waals surface area contributed by atoms with Gasteiger partial charge < -0.3 is 10.1 Å². The van der Waals surface area contributed by atoms with E-state index in [4.69, 9.17) is 4.74 Å². The molecule has 1 N–H and O–H groups in total. The van der Waals surface area contributed by atoms with Crippen LogP contribution >= 0.6 is 0 Å². The smallest absolute Gasteiger partial charge is 0.350 e. The number of halogens is 1. The molecule has 0 bridgehead atoms. The Morgan fingerprint density at radius 3 is 2.58 bits per heavy atom. The summed E-state index contributed by atoms with van der Waals surface area (Å²) < 4.78 is 20.4. The number of likely N-dealkylation sites (tertiary alicyclic amines) is 1. The number of carbonyl (C=O) groups excluding carboxylic acids is 1. The SMILES string of the molecule is C[C@H]1C[C@]2(CCN1Cc1cccc(OC(C)(C)C)c1)C(NC1CCCCC1)=NC(=O)N2c1cccc(F)c1. The molecule has 1 aliphatic carbocycles. The number of carbonyl (C=O) groups is 1. The van der Waals surface area contributed by atoms with Gasteiger partial charge in [-0.1, -0.05) is 37.5 Å². The summed E-state index contributed by atoms with van der Waals surface area (Å²) in [6.45, 7) is 9.99. The van der Waals surface area contributed by atoms with Crippen LogP contribution in [0.25, 0.3) is 0 Å². The number of hydrogen-bond donors (Lipinski definition) is 1. The van der Waals surface area contributed by atoms with Crippen molar-refractivity contribution >= 4 is 17.6 Å². The lowest BCUT2D eigenvalue weighted by molar-refractivity contribution is 0.120. The topological polar surface area (TPSA) is 57.2 Å². The molecule has 2 amide bonds. The number of hydrogen-bond acceptors (Lipinski definition) is 4. The van der Waals surface area contributed by atoms with Crippen LogP contribution in [0.4, 0.5) is 14.9 Å². The van der Waals surface area contributed by atoms with Gasteiger partial charge in [0, 0.05) is 30.9 Å². The monoisotopic (exact) mass is 520 g/mol. The number of amides is 2. The minimum atomic E-state index is -0.602. The highest BCUT2D eigenvalue weighted by molar-refractivity contribution is 6.16. The maximum absolute atomic E-state index is 14.3. The zero-order valence-electron chi connectivity index (χ0n) is 23.2. The Morgan fingerprint density at radius 1 is 1.11 bits per heavy atom. The molecule has 3 aliphatic rings. The van der Waals surface area contributed by atoms with Crippen molar-refractivity contribution in [2.75, 3.05) is 11.4 Å². The molecule has 1 saturated heterocycles. The van der Waals surface area contributed by atoms with E-state index in [9.17, 15) is 9.18 Å². The van der Waals surface area contributed by atoms with Crippen molar-refractivity contribution in [3.05, 3.63) is 59.9 Å². The first-order valence-electron chi connectivity index (χ1n) is 14.1. The lowest BCUT2D eigenvalue weighted by atomic mass is 9.80. The third-order valence-corrected chi connectivity index (χ3v) is 8.06. The number of nitrogens with zero attached hydrogens (tertiary/aromatic N) is 3. The molecule has 5 rings (SSSR count). The number of benzene rings is 2. The number of aliphatic imine (C=N–C) groups is 1. The van der Waals surface area contributed by atoms with E-state index in [0.717, 1.165) is 50.4 Å². The molecule has 0 aromatic heterocycles. The van der Waals surface area contributed by atoms with Crippen molar-refractivity contribution in [2.45, 2.75) is 102 Å². The predicted molar refractivity (Wildman–Crippen MR) is 150 cm³/mol. The van der Waals surface area contributed by atoms with Gasteiger partial charge >= 0.3 is 6.03 Å². The highest BCUT2D eigenvalue weighted by atomic mass is 19.1. The second-order valence-corrected chi connectivity index (χ2v) is 12.2. The summed E-state index contributed by atoms with van der Waals surface area (Å²) in [6, 6.07) is 14.9. The van der Waals surface area contributed by atoms with E-state index in [2.05, 4.69) is 55.0 Å². The minimum absolute atomic E-state index is 0.191. The van der Waals surface area contributed by atoms with Crippen LogP contribution in [0.3, 0.4) is 0 Å². The molecule has 1 spiro atoms. The van der Waals surface area contributed by atoms with Gasteiger partial charge in [-0.3, -0.25) is 9.80 Å². The Bertz CT molecular complexity index is 1190. The largest absolute Gasteiger partial charge is 0.488 e. The maximum Gasteiger partial charge on any atom is 0.350 e. The number of piperidine rings is 1. The average molecular weight is 521 g/mol. The number of nitrogens with one attached hydrogen (secondary N) is 1. The number of urea groups is 1. The van der Waals surface area contributed by atoms with E-state index >= 15 is 0 Å². The van der Waals surface area contributed by atoms with Crippen molar-refractivity contribution in [3.63, 3.8) is 0 Å². The molecule has 2 heterocycles. The average Bonchev–Trinajstić information content (AvgIpc) is 3.10. The van der Waals surface area contributed by atoms with Crippen LogP contribution in [0.1, 0.15) is 78.2 Å². The Kier molecular flexibility index (Phi) is 7.49. The van der Waals surface area contributed by atoms with E-state index in [-0.39, 0.29) is 23.5 Å². The highest BCUT2D eigenvalue weighted by Crippen LogP contribution is 2.41. The van der Waals surface area contributed by atoms with E-state index in [1.807, 2.05) is 18.2 Å². The van der Waals surface area contributed by atoms with Crippen LogP contribution in [-0.2, 0) is 6.54 Å². The summed E-state index contributed by atoms with van der Waals surface area (Å²) in [5.41, 5.74) is 0.926. The van der Waals surface area contributed by atoms with Gasteiger partial charge in [0.15, 0.2) is 0 Å². The fraction of sp³-hybridized carbons (Fsp3) is 0.548. The molecular weight excluding hydrogens is 479 g/mol. The van der Waals surface area contributed by atoms with Gasteiger partial charge in [0.2, 0.25) is 0 Å². The zero-order valence-corrected chi connectivity index (χ0v) is 23.2. The van der Waals surface area contributed by atoms with Crippen LogP contribution in [0.2, 0.25) is 0 Å². The Labute approximate surface area is 226 Å². The fourth-order valence-electron chi connectivity index (χ4n) is 6.34. The molecule has 2 aliphatic heterocycles. The van der Waals surface area contributed by atoms with Crippen molar-refractivity contribution in [1.82, 2.24) is 10.2 Å². The number of amidine groups is 1. The summed E-state index contributed by atoms with van der Waals surface area (Å²) in [7, 11) is 0. The maximum atomic E-state index is 14.3. The van der Waals surface area contributed by atoms with Crippen LogP contribution in [-0.4, -0.2) is 46.5 Å². The van der Waals surface area contributed by atoms with Gasteiger partial charge in [0.05, 0.1) is 0 Å². The first kappa shape index (κ1) is 26.7. The molecular formula is C31H41FN4O2. The van der Waals surface area contributed by atoms with E-state index in [1.165, 1.54) is 37.0 Å². The molecule has 2 aromatic carbocycles. The molecule has 0 radical (unpaired) electrons. The third kappa shape index (κ3) is 5.73. The second kappa shape index (κ2) is 10.7. The molecule has 204 valence electrons. The first-order chi connectivity index (χ1) is 18.1. The van der Waals surface area contributed by atoms with Crippen molar-refractivity contribution in [2.24, 2.45) is 4.99 Å². The summed E-state index contributed by atoms with van der Waals surface area (Å²) in [5.74, 6) is 1.30. The van der Waals surface area contributed by atoms with Gasteiger partial charge in [-0.2, -0.15) is 4.99 Å². The Morgan fingerprint density at radius 2 is 1.87 bits per heavy atom. The molecule has 38 heavy (non-hydrogen) atoms. The Balaban J connectivity index is 1.39. The molecule has 1 saturated carbocycles. The first-order valence-corrected chi connectivity index (χ1v) is 14.1. The zero-order chi connectivity index (χ0) is 26.9. The number of rotatable bonds is 5. The normalized spacial score (nSPS) is 25.1. The van der Waals surface area contributed by atoms with Crippen LogP contribution in [0, 0.1) is 5.82 Å². The predicted octanol–water partition coefficient (Wildman–Crippen LogP) is 6.69. The fourth-order valence-corrected chi connectivity index (χ4v) is 6.34. The molecule has 0 unspecified atom stereocenters. The van der Waals surface area contributed by atoms with Crippen LogP contribution in [0.5, 0.6) is 5.75 Å². The number of anilines is 1. The van der Waals surface area contributed by atoms with Crippen LogP contribution < -0.4 is 15.0 Å². The summed E-state index contributed by atoms with van der Waals surface area (Å²) >= 11 is 0. The van der Waals surface area contributed by atoms with Gasteiger partial charge in [0.25, 0.3) is 0 Å². The van der Waals surface area contributed by atoms with Gasteiger partial charge in [-0.15, -0.1) is 0 Å². The van der Waals surface area contributed by atoms with Crippen molar-refractivity contribution < 1.29 is 13.9 Å². The van der Waals surface area contributed by atoms with Crippen molar-refractivity contribution in [1.29, 1.82) is 0 Å². The summed E-state index contributed by atoms with van der Waals surface area (Å²) in [4.78, 5) is 22.2. The number of ether oxygens (including phenoxy) is 1. The van der Waals surface area contributed by atoms with Gasteiger partial charge in [-0.25, -0.2) is 9.18 Å². The molecule has 7 heteroatoms. The Hall–Kier alpha value is -2.93. The van der Waals surface area contributed by atoms with Crippen LogP contribution in [0.15, 0.2) is 53.5 Å². The van der Waals surface area contributed by atoms with Gasteiger partial charge in [0.1, 0.15) is 28.5 Å². The summed E-state index contributed by atoms with van der Waals surface area (Å²) in [5, 5.41) is 3.70. The van der Waals surface area contributed by atoms with Crippen molar-refractivity contribution in [3.8, 4) is 5.75 Å². The summed E-state index contributed by atoms with van der Waals surface area (Å²) in [6.07, 6.45) is 7.31. The molecule has 2 fully saturated rings. The quantitative estimate of drug-likeness (QED) is 0.477. The standard InChI is InChI=1S/C31H41FN4O2/c1-22-20-31(16-17-35(22)21-23-10-8-15-27(18-23)38-30(2,3)4)28(33-25-12-6-5-7-13-25)34-29(37)36(31)26-14-9-11-24(32)19-26/h8-11,14-15,18-19,22,25H,5-7,12-13,16-17,20-21H2,1-4H3,(H,33,34,37)/t22-,31+/m0/s1. The third-order valence-electron chi connectivity index (χ3n) is 8.06. The molecule has 6 nitrogen and oxygen atoms in total. The van der Waals surface area contributed by atoms with Gasteiger partial charge in [-0.05, 0) is 89.3 Å². The van der Waals surface area contributed by atoms with E-state index in [0.29, 0.717) is 11.7 Å². The second-order valence-electron chi connectivity index (χ2n) is 12.2. The minimum Gasteiger partial charge on any atom is -0.488 e.